The Morgan fingerprint density at radius 3 is 2.78 bits per heavy atom. The summed E-state index contributed by atoms with van der Waals surface area (Å²) < 4.78 is 0. The van der Waals surface area contributed by atoms with E-state index in [1.165, 1.54) is 6.42 Å². The Kier molecular flexibility index (Phi) is 4.02. The van der Waals surface area contributed by atoms with Crippen molar-refractivity contribution in [3.63, 3.8) is 0 Å². The molecule has 0 bridgehead atoms. The maximum atomic E-state index is 12.9. The van der Waals surface area contributed by atoms with Gasteiger partial charge in [-0.15, -0.1) is 0 Å². The normalized spacial score (nSPS) is 30.6. The van der Waals surface area contributed by atoms with Crippen molar-refractivity contribution in [2.75, 3.05) is 19.6 Å². The zero-order chi connectivity index (χ0) is 18.5. The number of hydrogen-bond donors (Lipinski definition) is 2. The van der Waals surface area contributed by atoms with Crippen LogP contribution in [0.15, 0.2) is 18.2 Å². The summed E-state index contributed by atoms with van der Waals surface area (Å²) in [6, 6.07) is 6.18. The molecule has 0 spiro atoms. The average Bonchev–Trinajstić information content (AvgIpc) is 2.94. The van der Waals surface area contributed by atoms with Crippen LogP contribution in [-0.4, -0.2) is 59.2 Å². The molecule has 3 fully saturated rings. The van der Waals surface area contributed by atoms with Gasteiger partial charge in [0.15, 0.2) is 0 Å². The first kappa shape index (κ1) is 16.9. The van der Waals surface area contributed by atoms with E-state index in [9.17, 15) is 14.4 Å². The molecule has 2 N–H and O–H groups in total. The van der Waals surface area contributed by atoms with E-state index in [0.29, 0.717) is 24.6 Å². The summed E-state index contributed by atoms with van der Waals surface area (Å²) in [4.78, 5) is 40.5. The van der Waals surface area contributed by atoms with E-state index in [1.807, 2.05) is 12.1 Å². The molecule has 1 aromatic carbocycles. The molecule has 3 atom stereocenters. The predicted octanol–water partition coefficient (Wildman–Crippen LogP) is 0.241. The number of rotatable bonds is 3. The molecular formula is C20H24N4O3. The van der Waals surface area contributed by atoms with Gasteiger partial charge in [0.1, 0.15) is 6.04 Å². The molecule has 1 aromatic rings. The van der Waals surface area contributed by atoms with Crippen LogP contribution in [0.2, 0.25) is 0 Å². The van der Waals surface area contributed by atoms with Crippen LogP contribution >= 0.6 is 0 Å². The molecule has 3 amide bonds. The lowest BCUT2D eigenvalue weighted by Gasteiger charge is -2.46. The van der Waals surface area contributed by atoms with Crippen molar-refractivity contribution in [3.8, 4) is 0 Å². The van der Waals surface area contributed by atoms with Crippen LogP contribution < -0.4 is 10.6 Å². The topological polar surface area (TPSA) is 81.8 Å². The third-order valence-corrected chi connectivity index (χ3v) is 6.48. The van der Waals surface area contributed by atoms with Crippen molar-refractivity contribution in [1.29, 1.82) is 0 Å². The minimum absolute atomic E-state index is 0.0966. The highest BCUT2D eigenvalue weighted by atomic mass is 16.2. The Morgan fingerprint density at radius 1 is 1.15 bits per heavy atom. The quantitative estimate of drug-likeness (QED) is 0.747. The highest BCUT2D eigenvalue weighted by molar-refractivity contribution is 6.05. The smallest absolute Gasteiger partial charge is 0.255 e. The highest BCUT2D eigenvalue weighted by Gasteiger charge is 2.39. The highest BCUT2D eigenvalue weighted by Crippen LogP contribution is 2.29. The maximum absolute atomic E-state index is 12.9. The molecular weight excluding hydrogens is 344 g/mol. The Labute approximate surface area is 158 Å². The zero-order valence-corrected chi connectivity index (χ0v) is 15.2. The minimum Gasteiger partial charge on any atom is -0.322 e. The summed E-state index contributed by atoms with van der Waals surface area (Å²) in [6.45, 7) is 4.62. The standard InChI is InChI=1S/C20H24N4O3/c25-18-4-3-17(19(26)22-18)24-10-14-2-1-12(7-15(14)20(24)27)9-23-6-5-13-8-21-16(13)11-23/h1-2,7,13,16-17,21H,3-6,8-11H2,(H,22,25,26)/t13-,16-,17?/m0/s1. The van der Waals surface area contributed by atoms with Gasteiger partial charge >= 0.3 is 0 Å². The van der Waals surface area contributed by atoms with Crippen LogP contribution in [-0.2, 0) is 22.7 Å². The van der Waals surface area contributed by atoms with Crippen molar-refractivity contribution in [2.24, 2.45) is 5.92 Å². The third kappa shape index (κ3) is 2.95. The molecule has 0 aromatic heterocycles. The molecule has 142 valence electrons. The minimum atomic E-state index is -0.547. The number of nitrogens with one attached hydrogen (secondary N) is 2. The number of benzene rings is 1. The van der Waals surface area contributed by atoms with Crippen LogP contribution in [0, 0.1) is 5.92 Å². The predicted molar refractivity (Wildman–Crippen MR) is 97.7 cm³/mol. The van der Waals surface area contributed by atoms with Gasteiger partial charge < -0.3 is 10.2 Å². The maximum Gasteiger partial charge on any atom is 0.255 e. The summed E-state index contributed by atoms with van der Waals surface area (Å²) >= 11 is 0. The monoisotopic (exact) mass is 368 g/mol. The molecule has 7 heteroatoms. The van der Waals surface area contributed by atoms with Gasteiger partial charge in [0.25, 0.3) is 5.91 Å². The van der Waals surface area contributed by atoms with Crippen molar-refractivity contribution in [3.05, 3.63) is 34.9 Å². The second-order valence-corrected chi connectivity index (χ2v) is 8.19. The number of likely N-dealkylation sites (tertiary alicyclic amines) is 1. The number of carbonyl (C=O) groups excluding carboxylic acids is 3. The van der Waals surface area contributed by atoms with Crippen molar-refractivity contribution in [1.82, 2.24) is 20.4 Å². The van der Waals surface area contributed by atoms with Crippen molar-refractivity contribution in [2.45, 2.75) is 44.4 Å². The first-order chi connectivity index (χ1) is 13.1. The van der Waals surface area contributed by atoms with Crippen LogP contribution in [0.5, 0.6) is 0 Å². The molecule has 4 aliphatic heterocycles. The third-order valence-electron chi connectivity index (χ3n) is 6.48. The molecule has 5 rings (SSSR count). The lowest BCUT2D eigenvalue weighted by Crippen LogP contribution is -2.61. The van der Waals surface area contributed by atoms with E-state index < -0.39 is 6.04 Å². The Morgan fingerprint density at radius 2 is 2.04 bits per heavy atom. The van der Waals surface area contributed by atoms with Gasteiger partial charge in [0.05, 0.1) is 0 Å². The summed E-state index contributed by atoms with van der Waals surface area (Å²) in [5, 5.41) is 5.84. The fraction of sp³-hybridized carbons (Fsp3) is 0.550. The summed E-state index contributed by atoms with van der Waals surface area (Å²) in [7, 11) is 0. The van der Waals surface area contributed by atoms with E-state index in [-0.39, 0.29) is 24.1 Å². The molecule has 4 aliphatic rings. The fourth-order valence-electron chi connectivity index (χ4n) is 4.79. The molecule has 0 saturated carbocycles. The molecule has 1 unspecified atom stereocenters. The van der Waals surface area contributed by atoms with E-state index in [1.54, 1.807) is 4.90 Å². The molecule has 3 saturated heterocycles. The van der Waals surface area contributed by atoms with Gasteiger partial charge in [0.2, 0.25) is 11.8 Å². The van der Waals surface area contributed by atoms with Crippen LogP contribution in [0.3, 0.4) is 0 Å². The summed E-state index contributed by atoms with van der Waals surface area (Å²) in [5.74, 6) is 0.126. The van der Waals surface area contributed by atoms with E-state index in [0.717, 1.165) is 43.2 Å². The molecule has 4 heterocycles. The first-order valence-electron chi connectivity index (χ1n) is 9.81. The largest absolute Gasteiger partial charge is 0.322 e. The van der Waals surface area contributed by atoms with Gasteiger partial charge in [-0.1, -0.05) is 12.1 Å². The molecule has 0 aliphatic carbocycles. The molecule has 7 nitrogen and oxygen atoms in total. The fourth-order valence-corrected chi connectivity index (χ4v) is 4.79. The van der Waals surface area contributed by atoms with Crippen molar-refractivity contribution < 1.29 is 14.4 Å². The first-order valence-corrected chi connectivity index (χ1v) is 9.81. The second-order valence-electron chi connectivity index (χ2n) is 8.19. The van der Waals surface area contributed by atoms with Gasteiger partial charge in [-0.25, -0.2) is 0 Å². The molecule has 0 radical (unpaired) electrons. The van der Waals surface area contributed by atoms with E-state index in [4.69, 9.17) is 0 Å². The zero-order valence-electron chi connectivity index (χ0n) is 15.2. The summed E-state index contributed by atoms with van der Waals surface area (Å²) in [6.07, 6.45) is 1.93. The van der Waals surface area contributed by atoms with Crippen LogP contribution in [0.4, 0.5) is 0 Å². The number of piperidine rings is 2. The van der Waals surface area contributed by atoms with Crippen LogP contribution in [0.25, 0.3) is 0 Å². The number of fused-ring (bicyclic) bond motifs is 2. The van der Waals surface area contributed by atoms with Gasteiger partial charge in [-0.2, -0.15) is 0 Å². The van der Waals surface area contributed by atoms with Gasteiger partial charge in [0, 0.05) is 37.7 Å². The van der Waals surface area contributed by atoms with E-state index >= 15 is 0 Å². The van der Waals surface area contributed by atoms with E-state index in [2.05, 4.69) is 21.6 Å². The summed E-state index contributed by atoms with van der Waals surface area (Å²) in [5.41, 5.74) is 2.81. The molecule has 27 heavy (non-hydrogen) atoms. The Bertz CT molecular complexity index is 823. The SMILES string of the molecule is O=C1CCC(N2Cc3ccc(CN4CC[C@H]5CN[C@H]5C4)cc3C2=O)C(=O)N1. The van der Waals surface area contributed by atoms with Crippen LogP contribution in [0.1, 0.15) is 40.7 Å². The van der Waals surface area contributed by atoms with Gasteiger partial charge in [-0.05, 0) is 49.0 Å². The Hall–Kier alpha value is -2.25. The number of nitrogens with zero attached hydrogens (tertiary/aromatic N) is 2. The van der Waals surface area contributed by atoms with Gasteiger partial charge in [-0.3, -0.25) is 24.6 Å². The van der Waals surface area contributed by atoms with Crippen molar-refractivity contribution >= 4 is 17.7 Å². The average molecular weight is 368 g/mol. The lowest BCUT2D eigenvalue weighted by molar-refractivity contribution is -0.136. The lowest BCUT2D eigenvalue weighted by atomic mass is 9.85. The number of hydrogen-bond acceptors (Lipinski definition) is 5. The second kappa shape index (κ2) is 6.42. The number of imide groups is 1. The Balaban J connectivity index is 1.29. The number of carbonyl (C=O) groups is 3. The number of amides is 3.